The van der Waals surface area contributed by atoms with Gasteiger partial charge in [0, 0.05) is 32.0 Å². The number of rotatable bonds is 3. The van der Waals surface area contributed by atoms with Crippen LogP contribution in [0.4, 0.5) is 10.1 Å². The van der Waals surface area contributed by atoms with E-state index in [1.165, 1.54) is 6.20 Å². The average Bonchev–Trinajstić information content (AvgIpc) is 3.23. The highest BCUT2D eigenvalue weighted by Crippen LogP contribution is 2.34. The number of aromatic nitrogens is 4. The third kappa shape index (κ3) is 2.25. The highest BCUT2D eigenvalue weighted by atomic mass is 32.1. The molecule has 0 unspecified atom stereocenters. The molecular weight excluding hydrogens is 304 g/mol. The van der Waals surface area contributed by atoms with Gasteiger partial charge in [-0.1, -0.05) is 0 Å². The molecule has 1 fully saturated rings. The summed E-state index contributed by atoms with van der Waals surface area (Å²) in [5.41, 5.74) is 0. The van der Waals surface area contributed by atoms with Crippen LogP contribution in [-0.2, 0) is 13.0 Å². The number of piperidine rings is 1. The molecule has 116 valence electrons. The standard InChI is InChI=1S/C13H16N6O2S/c20-19(21)11-7-14-13(22-11)17-5-1-3-9(8-17)12-16-15-10-4-2-6-18(10)12/h7,9H,1-6,8H2/t9-/m1/s1. The Morgan fingerprint density at radius 3 is 3.05 bits per heavy atom. The SMILES string of the molecule is O=[N+]([O-])c1cnc(N2CCC[C@@H](c3nnc4n3CCC4)C2)s1. The van der Waals surface area contributed by atoms with Crippen LogP contribution in [0.25, 0.3) is 0 Å². The summed E-state index contributed by atoms with van der Waals surface area (Å²) >= 11 is 1.15. The van der Waals surface area contributed by atoms with Crippen molar-refractivity contribution in [2.45, 2.75) is 38.1 Å². The fourth-order valence-corrected chi connectivity index (χ4v) is 4.09. The first kappa shape index (κ1) is 13.6. The van der Waals surface area contributed by atoms with E-state index in [0.717, 1.165) is 73.4 Å². The van der Waals surface area contributed by atoms with Crippen molar-refractivity contribution in [2.24, 2.45) is 0 Å². The van der Waals surface area contributed by atoms with E-state index in [1.807, 2.05) is 0 Å². The zero-order valence-electron chi connectivity index (χ0n) is 12.0. The van der Waals surface area contributed by atoms with Crippen molar-refractivity contribution in [3.8, 4) is 0 Å². The van der Waals surface area contributed by atoms with E-state index in [2.05, 4.69) is 24.6 Å². The minimum Gasteiger partial charge on any atom is -0.347 e. The molecule has 0 N–H and O–H groups in total. The number of nitrogens with zero attached hydrogens (tertiary/aromatic N) is 6. The molecule has 2 aliphatic rings. The van der Waals surface area contributed by atoms with Gasteiger partial charge in [-0.3, -0.25) is 10.1 Å². The Balaban J connectivity index is 1.55. The lowest BCUT2D eigenvalue weighted by molar-refractivity contribution is -0.380. The summed E-state index contributed by atoms with van der Waals surface area (Å²) in [5, 5.41) is 20.3. The fraction of sp³-hybridized carbons (Fsp3) is 0.615. The third-order valence-corrected chi connectivity index (χ3v) is 5.37. The second-order valence-corrected chi connectivity index (χ2v) is 6.74. The number of hydrogen-bond acceptors (Lipinski definition) is 7. The van der Waals surface area contributed by atoms with Gasteiger partial charge in [-0.15, -0.1) is 10.2 Å². The molecule has 9 heteroatoms. The lowest BCUT2D eigenvalue weighted by Crippen LogP contribution is -2.35. The molecular formula is C13H16N6O2S. The van der Waals surface area contributed by atoms with E-state index in [9.17, 15) is 10.1 Å². The van der Waals surface area contributed by atoms with Crippen LogP contribution in [0, 0.1) is 10.1 Å². The lowest BCUT2D eigenvalue weighted by atomic mass is 9.97. The van der Waals surface area contributed by atoms with Gasteiger partial charge in [-0.05, 0) is 30.6 Å². The van der Waals surface area contributed by atoms with Crippen LogP contribution in [0.1, 0.15) is 36.8 Å². The molecule has 0 radical (unpaired) electrons. The van der Waals surface area contributed by atoms with Crippen LogP contribution < -0.4 is 4.90 Å². The molecule has 0 spiro atoms. The van der Waals surface area contributed by atoms with E-state index in [1.54, 1.807) is 0 Å². The van der Waals surface area contributed by atoms with Gasteiger partial charge in [0.25, 0.3) is 0 Å². The first-order valence-corrected chi connectivity index (χ1v) is 8.31. The molecule has 1 atom stereocenters. The van der Waals surface area contributed by atoms with Crippen molar-refractivity contribution < 1.29 is 4.92 Å². The number of fused-ring (bicyclic) bond motifs is 1. The van der Waals surface area contributed by atoms with Crippen molar-refractivity contribution >= 4 is 21.5 Å². The zero-order chi connectivity index (χ0) is 15.1. The summed E-state index contributed by atoms with van der Waals surface area (Å²) in [6.45, 7) is 2.71. The Kier molecular flexibility index (Phi) is 3.29. The molecule has 0 amide bonds. The fourth-order valence-electron chi connectivity index (χ4n) is 3.32. The van der Waals surface area contributed by atoms with Crippen molar-refractivity contribution in [1.29, 1.82) is 0 Å². The van der Waals surface area contributed by atoms with Crippen LogP contribution in [0.5, 0.6) is 0 Å². The molecule has 2 aromatic rings. The highest BCUT2D eigenvalue weighted by molar-refractivity contribution is 7.18. The average molecular weight is 320 g/mol. The molecule has 0 aliphatic carbocycles. The Bertz CT molecular complexity index is 711. The van der Waals surface area contributed by atoms with Crippen molar-refractivity contribution in [3.05, 3.63) is 28.0 Å². The van der Waals surface area contributed by atoms with Crippen molar-refractivity contribution in [3.63, 3.8) is 0 Å². The molecule has 4 heterocycles. The molecule has 8 nitrogen and oxygen atoms in total. The lowest BCUT2D eigenvalue weighted by Gasteiger charge is -2.31. The van der Waals surface area contributed by atoms with Gasteiger partial charge >= 0.3 is 5.00 Å². The second-order valence-electron chi connectivity index (χ2n) is 5.75. The predicted octanol–water partition coefficient (Wildman–Crippen LogP) is 1.97. The molecule has 1 saturated heterocycles. The molecule has 0 saturated carbocycles. The van der Waals surface area contributed by atoms with Gasteiger partial charge in [0.2, 0.25) is 0 Å². The van der Waals surface area contributed by atoms with E-state index in [0.29, 0.717) is 5.92 Å². The highest BCUT2D eigenvalue weighted by Gasteiger charge is 2.30. The summed E-state index contributed by atoms with van der Waals surface area (Å²) in [6.07, 6.45) is 5.63. The van der Waals surface area contributed by atoms with Crippen molar-refractivity contribution in [2.75, 3.05) is 18.0 Å². The summed E-state index contributed by atoms with van der Waals surface area (Å²) in [4.78, 5) is 16.8. The largest absolute Gasteiger partial charge is 0.347 e. The second kappa shape index (κ2) is 5.31. The smallest absolute Gasteiger partial charge is 0.345 e. The van der Waals surface area contributed by atoms with Gasteiger partial charge in [0.1, 0.15) is 17.8 Å². The van der Waals surface area contributed by atoms with Crippen LogP contribution >= 0.6 is 11.3 Å². The molecule has 4 rings (SSSR count). The van der Waals surface area contributed by atoms with Crippen LogP contribution in [-0.4, -0.2) is 37.8 Å². The summed E-state index contributed by atoms with van der Waals surface area (Å²) in [7, 11) is 0. The van der Waals surface area contributed by atoms with Crippen LogP contribution in [0.3, 0.4) is 0 Å². The van der Waals surface area contributed by atoms with Crippen molar-refractivity contribution in [1.82, 2.24) is 19.7 Å². The van der Waals surface area contributed by atoms with Gasteiger partial charge in [0.15, 0.2) is 5.13 Å². The van der Waals surface area contributed by atoms with Gasteiger partial charge in [-0.2, -0.15) is 0 Å². The maximum atomic E-state index is 10.8. The first-order chi connectivity index (χ1) is 10.7. The number of thiazole rings is 1. The number of aryl methyl sites for hydroxylation is 1. The number of hydrogen-bond donors (Lipinski definition) is 0. The summed E-state index contributed by atoms with van der Waals surface area (Å²) < 4.78 is 2.25. The topological polar surface area (TPSA) is 90.0 Å². The Morgan fingerprint density at radius 2 is 2.23 bits per heavy atom. The van der Waals surface area contributed by atoms with Crippen LogP contribution in [0.15, 0.2) is 6.20 Å². The van der Waals surface area contributed by atoms with E-state index >= 15 is 0 Å². The van der Waals surface area contributed by atoms with Gasteiger partial charge < -0.3 is 9.47 Å². The molecule has 2 aromatic heterocycles. The normalized spacial score (nSPS) is 21.1. The van der Waals surface area contributed by atoms with E-state index < -0.39 is 0 Å². The number of anilines is 1. The third-order valence-electron chi connectivity index (χ3n) is 4.36. The van der Waals surface area contributed by atoms with E-state index in [4.69, 9.17) is 0 Å². The first-order valence-electron chi connectivity index (χ1n) is 7.49. The monoisotopic (exact) mass is 320 g/mol. The maximum absolute atomic E-state index is 10.8. The molecule has 0 bridgehead atoms. The van der Waals surface area contributed by atoms with E-state index in [-0.39, 0.29) is 9.92 Å². The Morgan fingerprint density at radius 1 is 1.32 bits per heavy atom. The Hall–Kier alpha value is -2.03. The molecule has 0 aromatic carbocycles. The molecule has 2 aliphatic heterocycles. The number of nitro groups is 1. The maximum Gasteiger partial charge on any atom is 0.345 e. The summed E-state index contributed by atoms with van der Waals surface area (Å²) in [5.74, 6) is 2.50. The Labute approximate surface area is 130 Å². The minimum absolute atomic E-state index is 0.0977. The molecule has 22 heavy (non-hydrogen) atoms. The van der Waals surface area contributed by atoms with Gasteiger partial charge in [0.05, 0.1) is 4.92 Å². The van der Waals surface area contributed by atoms with Crippen LogP contribution in [0.2, 0.25) is 0 Å². The minimum atomic E-state index is -0.381. The predicted molar refractivity (Wildman–Crippen MR) is 81.3 cm³/mol. The van der Waals surface area contributed by atoms with Gasteiger partial charge in [-0.25, -0.2) is 4.98 Å². The summed E-state index contributed by atoms with van der Waals surface area (Å²) in [6, 6.07) is 0. The zero-order valence-corrected chi connectivity index (χ0v) is 12.8. The quantitative estimate of drug-likeness (QED) is 0.634.